The number of anilines is 1. The van der Waals surface area contributed by atoms with Crippen molar-refractivity contribution in [3.63, 3.8) is 0 Å². The van der Waals surface area contributed by atoms with Crippen molar-refractivity contribution in [3.8, 4) is 17.2 Å². The van der Waals surface area contributed by atoms with Crippen molar-refractivity contribution in [3.05, 3.63) is 64.6 Å². The first kappa shape index (κ1) is 21.3. The van der Waals surface area contributed by atoms with Crippen LogP contribution in [0.25, 0.3) is 5.69 Å². The third kappa shape index (κ3) is 4.57. The zero-order chi connectivity index (χ0) is 21.8. The fourth-order valence-corrected chi connectivity index (χ4v) is 5.08. The van der Waals surface area contributed by atoms with Gasteiger partial charge in [-0.3, -0.25) is 14.2 Å². The van der Waals surface area contributed by atoms with Crippen LogP contribution in [0.3, 0.4) is 0 Å². The van der Waals surface area contributed by atoms with E-state index < -0.39 is 0 Å². The average Bonchev–Trinajstić information content (AvgIpc) is 3.27. The molecule has 1 amide bonds. The number of benzene rings is 2. The summed E-state index contributed by atoms with van der Waals surface area (Å²) in [6.45, 7) is 0. The quantitative estimate of drug-likeness (QED) is 0.430. The van der Waals surface area contributed by atoms with E-state index in [0.717, 1.165) is 17.9 Å². The van der Waals surface area contributed by atoms with Gasteiger partial charge in [0.1, 0.15) is 11.5 Å². The summed E-state index contributed by atoms with van der Waals surface area (Å²) in [6, 6.07) is 14.5. The number of thioether (sulfide) groups is 2. The molecule has 160 valence electrons. The van der Waals surface area contributed by atoms with E-state index in [1.165, 1.54) is 23.5 Å². The van der Waals surface area contributed by atoms with Crippen molar-refractivity contribution in [1.29, 1.82) is 0 Å². The molecule has 0 aliphatic carbocycles. The first-order valence-corrected chi connectivity index (χ1v) is 11.6. The average molecular weight is 456 g/mol. The molecule has 4 rings (SSSR count). The van der Waals surface area contributed by atoms with E-state index >= 15 is 0 Å². The Kier molecular flexibility index (Phi) is 6.53. The number of nitrogens with zero attached hydrogens (tertiary/aromatic N) is 2. The summed E-state index contributed by atoms with van der Waals surface area (Å²) in [7, 11) is 3.13. The number of nitrogens with one attached hydrogen (secondary N) is 1. The number of para-hydroxylation sites is 2. The van der Waals surface area contributed by atoms with Gasteiger partial charge in [-0.05, 0) is 24.3 Å². The summed E-state index contributed by atoms with van der Waals surface area (Å²) >= 11 is 2.75. The van der Waals surface area contributed by atoms with Crippen molar-refractivity contribution in [2.75, 3.05) is 31.0 Å². The minimum Gasteiger partial charge on any atom is -0.497 e. The molecule has 0 spiro atoms. The summed E-state index contributed by atoms with van der Waals surface area (Å²) in [5.74, 6) is 1.94. The Labute approximate surface area is 188 Å². The van der Waals surface area contributed by atoms with Crippen LogP contribution in [0.1, 0.15) is 5.69 Å². The number of rotatable bonds is 7. The maximum atomic E-state index is 13.2. The number of aromatic nitrogens is 2. The molecule has 0 saturated carbocycles. The molecule has 3 aromatic rings. The summed E-state index contributed by atoms with van der Waals surface area (Å²) in [6.07, 6.45) is 0.745. The second kappa shape index (κ2) is 9.49. The van der Waals surface area contributed by atoms with Crippen LogP contribution in [0.15, 0.2) is 63.4 Å². The monoisotopic (exact) mass is 455 g/mol. The molecule has 2 heterocycles. The lowest BCUT2D eigenvalue weighted by Gasteiger charge is -2.15. The summed E-state index contributed by atoms with van der Waals surface area (Å²) in [5.41, 5.74) is 1.93. The predicted molar refractivity (Wildman–Crippen MR) is 123 cm³/mol. The molecule has 0 fully saturated rings. The van der Waals surface area contributed by atoms with Gasteiger partial charge in [-0.2, -0.15) is 0 Å². The van der Waals surface area contributed by atoms with Crippen LogP contribution >= 0.6 is 23.5 Å². The SMILES string of the molecule is COc1cccc(-n2c(SCC(=O)Nc3ccccc3OC)nc3c(c2=O)SCC3)c1. The number of methoxy groups -OCH3 is 2. The van der Waals surface area contributed by atoms with Crippen molar-refractivity contribution in [2.24, 2.45) is 0 Å². The molecule has 1 N–H and O–H groups in total. The van der Waals surface area contributed by atoms with E-state index in [1.807, 2.05) is 30.3 Å². The Hall–Kier alpha value is -2.91. The lowest BCUT2D eigenvalue weighted by atomic mass is 10.3. The highest BCUT2D eigenvalue weighted by molar-refractivity contribution is 8.00. The van der Waals surface area contributed by atoms with Crippen molar-refractivity contribution >= 4 is 35.1 Å². The fraction of sp³-hybridized carbons (Fsp3) is 0.227. The Morgan fingerprint density at radius 3 is 2.84 bits per heavy atom. The molecular weight excluding hydrogens is 434 g/mol. The molecule has 0 radical (unpaired) electrons. The number of carbonyl (C=O) groups excluding carboxylic acids is 1. The lowest BCUT2D eigenvalue weighted by molar-refractivity contribution is -0.113. The van der Waals surface area contributed by atoms with E-state index in [2.05, 4.69) is 5.32 Å². The lowest BCUT2D eigenvalue weighted by Crippen LogP contribution is -2.24. The zero-order valence-electron chi connectivity index (χ0n) is 17.1. The van der Waals surface area contributed by atoms with Gasteiger partial charge in [-0.25, -0.2) is 4.98 Å². The van der Waals surface area contributed by atoms with Gasteiger partial charge in [0, 0.05) is 18.2 Å². The van der Waals surface area contributed by atoms with Gasteiger partial charge in [0.05, 0.1) is 41.9 Å². The molecule has 1 aliphatic heterocycles. The predicted octanol–water partition coefficient (Wildman–Crippen LogP) is 3.63. The molecule has 0 atom stereocenters. The van der Waals surface area contributed by atoms with Gasteiger partial charge in [0.2, 0.25) is 5.91 Å². The summed E-state index contributed by atoms with van der Waals surface area (Å²) in [5, 5.41) is 3.33. The number of hydrogen-bond acceptors (Lipinski definition) is 7. The number of ether oxygens (including phenoxy) is 2. The molecule has 2 aromatic carbocycles. The van der Waals surface area contributed by atoms with E-state index in [9.17, 15) is 9.59 Å². The number of amides is 1. The van der Waals surface area contributed by atoms with Crippen LogP contribution in [0, 0.1) is 0 Å². The smallest absolute Gasteiger partial charge is 0.272 e. The van der Waals surface area contributed by atoms with Gasteiger partial charge in [-0.1, -0.05) is 30.0 Å². The second-order valence-corrected chi connectivity index (χ2v) is 8.70. The molecule has 1 aromatic heterocycles. The minimum absolute atomic E-state index is 0.0976. The van der Waals surface area contributed by atoms with E-state index in [0.29, 0.717) is 32.9 Å². The normalized spacial score (nSPS) is 12.3. The van der Waals surface area contributed by atoms with Gasteiger partial charge in [0.25, 0.3) is 5.56 Å². The summed E-state index contributed by atoms with van der Waals surface area (Å²) < 4.78 is 12.1. The Morgan fingerprint density at radius 1 is 1.19 bits per heavy atom. The number of carbonyl (C=O) groups is 1. The third-order valence-corrected chi connectivity index (χ3v) is 6.74. The topological polar surface area (TPSA) is 82.4 Å². The molecule has 0 bridgehead atoms. The summed E-state index contributed by atoms with van der Waals surface area (Å²) in [4.78, 5) is 31.2. The van der Waals surface area contributed by atoms with E-state index in [-0.39, 0.29) is 17.2 Å². The van der Waals surface area contributed by atoms with Crippen LogP contribution in [0.5, 0.6) is 11.5 Å². The zero-order valence-corrected chi connectivity index (χ0v) is 18.7. The number of fused-ring (bicyclic) bond motifs is 1. The Morgan fingerprint density at radius 2 is 2.03 bits per heavy atom. The van der Waals surface area contributed by atoms with Crippen LogP contribution in [0.2, 0.25) is 0 Å². The standard InChI is InChI=1S/C22H21N3O4S2/c1-28-15-7-5-6-14(12-15)25-21(27)20-17(10-11-30-20)24-22(25)31-13-19(26)23-16-8-3-4-9-18(16)29-2/h3-9,12H,10-11,13H2,1-2H3,(H,23,26). The Bertz CT molecular complexity index is 1180. The van der Waals surface area contributed by atoms with Gasteiger partial charge >= 0.3 is 0 Å². The Balaban J connectivity index is 1.62. The largest absolute Gasteiger partial charge is 0.497 e. The third-order valence-electron chi connectivity index (χ3n) is 4.69. The number of hydrogen-bond donors (Lipinski definition) is 1. The van der Waals surface area contributed by atoms with Crippen LogP contribution in [0.4, 0.5) is 5.69 Å². The second-order valence-electron chi connectivity index (χ2n) is 6.65. The van der Waals surface area contributed by atoms with E-state index in [4.69, 9.17) is 14.5 Å². The van der Waals surface area contributed by atoms with Gasteiger partial charge in [-0.15, -0.1) is 11.8 Å². The first-order chi connectivity index (χ1) is 15.1. The molecule has 0 unspecified atom stereocenters. The maximum Gasteiger partial charge on any atom is 0.272 e. The highest BCUT2D eigenvalue weighted by atomic mass is 32.2. The highest BCUT2D eigenvalue weighted by Gasteiger charge is 2.23. The van der Waals surface area contributed by atoms with Crippen LogP contribution in [-0.2, 0) is 11.2 Å². The first-order valence-electron chi connectivity index (χ1n) is 9.59. The maximum absolute atomic E-state index is 13.2. The highest BCUT2D eigenvalue weighted by Crippen LogP contribution is 2.31. The number of aryl methyl sites for hydroxylation is 1. The molecule has 7 nitrogen and oxygen atoms in total. The molecule has 1 aliphatic rings. The van der Waals surface area contributed by atoms with Crippen molar-refractivity contribution in [1.82, 2.24) is 9.55 Å². The molecule has 31 heavy (non-hydrogen) atoms. The van der Waals surface area contributed by atoms with Gasteiger partial charge < -0.3 is 14.8 Å². The fourth-order valence-electron chi connectivity index (χ4n) is 3.23. The molecule has 0 saturated heterocycles. The van der Waals surface area contributed by atoms with Gasteiger partial charge in [0.15, 0.2) is 5.16 Å². The molecule has 9 heteroatoms. The minimum atomic E-state index is -0.212. The van der Waals surface area contributed by atoms with Crippen molar-refractivity contribution in [2.45, 2.75) is 16.5 Å². The molecular formula is C22H21N3O4S2. The van der Waals surface area contributed by atoms with Crippen molar-refractivity contribution < 1.29 is 14.3 Å². The van der Waals surface area contributed by atoms with Crippen LogP contribution in [-0.4, -0.2) is 41.2 Å². The van der Waals surface area contributed by atoms with Crippen LogP contribution < -0.4 is 20.3 Å². The van der Waals surface area contributed by atoms with E-state index in [1.54, 1.807) is 37.0 Å².